The zero-order valence-corrected chi connectivity index (χ0v) is 21.7. The van der Waals surface area contributed by atoms with Gasteiger partial charge in [-0.05, 0) is 75.1 Å². The summed E-state index contributed by atoms with van der Waals surface area (Å²) in [6.45, 7) is 8.90. The van der Waals surface area contributed by atoms with Crippen molar-refractivity contribution in [2.45, 2.75) is 52.8 Å². The lowest BCUT2D eigenvalue weighted by atomic mass is 9.99. The Labute approximate surface area is 215 Å². The number of aromatic nitrogens is 2. The highest BCUT2D eigenvalue weighted by molar-refractivity contribution is 6.42. The smallest absolute Gasteiger partial charge is 0.410 e. The number of amides is 2. The van der Waals surface area contributed by atoms with Crippen molar-refractivity contribution in [1.82, 2.24) is 14.7 Å². The average Bonchev–Trinajstić information content (AvgIpc) is 3.14. The molecule has 1 aliphatic rings. The maximum atomic E-state index is 13.0. The van der Waals surface area contributed by atoms with E-state index >= 15 is 0 Å². The van der Waals surface area contributed by atoms with Gasteiger partial charge in [-0.15, -0.1) is 0 Å². The van der Waals surface area contributed by atoms with Crippen molar-refractivity contribution >= 4 is 40.9 Å². The maximum Gasteiger partial charge on any atom is 0.410 e. The van der Waals surface area contributed by atoms with E-state index in [4.69, 9.17) is 27.9 Å². The zero-order valence-electron chi connectivity index (χ0n) is 20.2. The quantitative estimate of drug-likeness (QED) is 0.456. The third-order valence-electron chi connectivity index (χ3n) is 5.65. The first-order valence-electron chi connectivity index (χ1n) is 11.4. The molecule has 0 fully saturated rings. The summed E-state index contributed by atoms with van der Waals surface area (Å²) in [6.07, 6.45) is 2.11. The highest BCUT2D eigenvalue weighted by atomic mass is 35.5. The van der Waals surface area contributed by atoms with E-state index < -0.39 is 5.60 Å². The fraction of sp³-hybridized carbons (Fsp3) is 0.346. The summed E-state index contributed by atoms with van der Waals surface area (Å²) in [5.41, 5.74) is 4.40. The van der Waals surface area contributed by atoms with Gasteiger partial charge in [0.15, 0.2) is 0 Å². The molecule has 0 spiro atoms. The molecule has 2 aromatic carbocycles. The molecule has 0 unspecified atom stereocenters. The van der Waals surface area contributed by atoms with Crippen LogP contribution in [-0.2, 0) is 24.2 Å². The van der Waals surface area contributed by atoms with Crippen LogP contribution in [0.5, 0.6) is 0 Å². The average molecular weight is 515 g/mol. The van der Waals surface area contributed by atoms with E-state index in [1.165, 1.54) is 0 Å². The predicted molar refractivity (Wildman–Crippen MR) is 137 cm³/mol. The highest BCUT2D eigenvalue weighted by Crippen LogP contribution is 2.25. The minimum Gasteiger partial charge on any atom is -0.444 e. The Bertz CT molecular complexity index is 1280. The van der Waals surface area contributed by atoms with Crippen LogP contribution in [0.1, 0.15) is 53.5 Å². The van der Waals surface area contributed by atoms with E-state index in [1.54, 1.807) is 34.8 Å². The van der Waals surface area contributed by atoms with Crippen LogP contribution in [0.15, 0.2) is 42.6 Å². The highest BCUT2D eigenvalue weighted by Gasteiger charge is 2.26. The summed E-state index contributed by atoms with van der Waals surface area (Å²) in [5.74, 6) is -0.228. The number of carbonyl (C=O) groups excluding carboxylic acids is 2. The molecule has 2 heterocycles. The zero-order chi connectivity index (χ0) is 25.3. The Balaban J connectivity index is 1.42. The molecular formula is C26H28Cl2N4O3. The molecule has 0 aliphatic carbocycles. The van der Waals surface area contributed by atoms with Crippen LogP contribution in [-0.4, -0.2) is 38.8 Å². The molecule has 2 amide bonds. The number of nitrogens with zero attached hydrogens (tertiary/aromatic N) is 3. The number of carbonyl (C=O) groups is 2. The predicted octanol–water partition coefficient (Wildman–Crippen LogP) is 6.09. The van der Waals surface area contributed by atoms with Crippen LogP contribution in [0.2, 0.25) is 10.0 Å². The lowest BCUT2D eigenvalue weighted by Crippen LogP contribution is -2.39. The number of halogens is 2. The van der Waals surface area contributed by atoms with Gasteiger partial charge in [0.25, 0.3) is 5.91 Å². The molecule has 0 saturated carbocycles. The lowest BCUT2D eigenvalue weighted by Gasteiger charge is -2.31. The maximum absolute atomic E-state index is 13.0. The molecule has 1 N–H and O–H groups in total. The second kappa shape index (κ2) is 9.91. The molecule has 35 heavy (non-hydrogen) atoms. The summed E-state index contributed by atoms with van der Waals surface area (Å²) in [5, 5.41) is 8.42. The van der Waals surface area contributed by atoms with E-state index in [0.717, 1.165) is 16.7 Å². The SMILES string of the molecule is Cc1nn(Cc2ccc(Cl)c(Cl)c2)cc1C(=O)Nc1ccc2c(c1)CCN(C(=O)OC(C)(C)C)C2. The number of aryl methyl sites for hydroxylation is 1. The number of rotatable bonds is 4. The third kappa shape index (κ3) is 6.16. The molecule has 0 radical (unpaired) electrons. The van der Waals surface area contributed by atoms with Gasteiger partial charge >= 0.3 is 6.09 Å². The number of anilines is 1. The number of benzene rings is 2. The normalized spacial score (nSPS) is 13.4. The largest absolute Gasteiger partial charge is 0.444 e. The molecule has 0 atom stereocenters. The van der Waals surface area contributed by atoms with Crippen LogP contribution in [0.25, 0.3) is 0 Å². The fourth-order valence-corrected chi connectivity index (χ4v) is 4.28. The number of hydrogen-bond acceptors (Lipinski definition) is 4. The van der Waals surface area contributed by atoms with Gasteiger partial charge in [-0.25, -0.2) is 4.79 Å². The summed E-state index contributed by atoms with van der Waals surface area (Å²) in [6, 6.07) is 11.2. The first-order chi connectivity index (χ1) is 16.5. The van der Waals surface area contributed by atoms with Crippen LogP contribution in [0.3, 0.4) is 0 Å². The second-order valence-electron chi connectivity index (χ2n) is 9.66. The molecule has 3 aromatic rings. The van der Waals surface area contributed by atoms with Crippen LogP contribution >= 0.6 is 23.2 Å². The molecule has 9 heteroatoms. The number of fused-ring (bicyclic) bond motifs is 1. The standard InChI is InChI=1S/C26H28Cl2N4O3/c1-16-21(15-32(30-16)13-17-5-8-22(27)23(28)11-17)24(33)29-20-7-6-19-14-31(10-9-18(19)12-20)25(34)35-26(2,3)4/h5-8,11-12,15H,9-10,13-14H2,1-4H3,(H,29,33). The Morgan fingerprint density at radius 3 is 2.57 bits per heavy atom. The van der Waals surface area contributed by atoms with E-state index in [1.807, 2.05) is 45.0 Å². The Kier molecular flexibility index (Phi) is 7.10. The van der Waals surface area contributed by atoms with Crippen molar-refractivity contribution in [3.05, 3.63) is 80.6 Å². The number of hydrogen-bond donors (Lipinski definition) is 1. The van der Waals surface area contributed by atoms with E-state index in [2.05, 4.69) is 10.4 Å². The van der Waals surface area contributed by atoms with Gasteiger partial charge in [-0.2, -0.15) is 5.10 Å². The van der Waals surface area contributed by atoms with Gasteiger partial charge in [-0.3, -0.25) is 9.48 Å². The lowest BCUT2D eigenvalue weighted by molar-refractivity contribution is 0.0224. The summed E-state index contributed by atoms with van der Waals surface area (Å²) >= 11 is 12.1. The first kappa shape index (κ1) is 25.1. The monoisotopic (exact) mass is 514 g/mol. The van der Waals surface area contributed by atoms with Crippen molar-refractivity contribution < 1.29 is 14.3 Å². The summed E-state index contributed by atoms with van der Waals surface area (Å²) in [4.78, 5) is 27.1. The minimum atomic E-state index is -0.528. The van der Waals surface area contributed by atoms with E-state index in [9.17, 15) is 9.59 Å². The third-order valence-corrected chi connectivity index (χ3v) is 6.39. The summed E-state index contributed by atoms with van der Waals surface area (Å²) < 4.78 is 7.20. The molecule has 0 bridgehead atoms. The Morgan fingerprint density at radius 2 is 1.86 bits per heavy atom. The van der Waals surface area contributed by atoms with Gasteiger partial charge in [0.2, 0.25) is 0 Å². The fourth-order valence-electron chi connectivity index (χ4n) is 3.96. The molecule has 0 saturated heterocycles. The molecular weight excluding hydrogens is 487 g/mol. The van der Waals surface area contributed by atoms with Gasteiger partial charge in [0.05, 0.1) is 27.8 Å². The molecule has 184 valence electrons. The van der Waals surface area contributed by atoms with Gasteiger partial charge in [-0.1, -0.05) is 35.3 Å². The van der Waals surface area contributed by atoms with Crippen LogP contribution in [0.4, 0.5) is 10.5 Å². The van der Waals surface area contributed by atoms with Crippen molar-refractivity contribution in [1.29, 1.82) is 0 Å². The second-order valence-corrected chi connectivity index (χ2v) is 10.5. The molecule has 1 aliphatic heterocycles. The minimum absolute atomic E-state index is 0.228. The van der Waals surface area contributed by atoms with Crippen molar-refractivity contribution in [3.63, 3.8) is 0 Å². The Morgan fingerprint density at radius 1 is 1.09 bits per heavy atom. The van der Waals surface area contributed by atoms with E-state index in [0.29, 0.717) is 53.0 Å². The summed E-state index contributed by atoms with van der Waals surface area (Å²) in [7, 11) is 0. The van der Waals surface area contributed by atoms with Crippen LogP contribution < -0.4 is 5.32 Å². The number of nitrogens with one attached hydrogen (secondary N) is 1. The van der Waals surface area contributed by atoms with E-state index in [-0.39, 0.29) is 12.0 Å². The molecule has 1 aromatic heterocycles. The molecule has 7 nitrogen and oxygen atoms in total. The van der Waals surface area contributed by atoms with Crippen LogP contribution in [0, 0.1) is 6.92 Å². The first-order valence-corrected chi connectivity index (χ1v) is 12.1. The topological polar surface area (TPSA) is 76.5 Å². The molecule has 4 rings (SSSR count). The van der Waals surface area contributed by atoms with Gasteiger partial charge in [0.1, 0.15) is 5.60 Å². The van der Waals surface area contributed by atoms with Crippen molar-refractivity contribution in [3.8, 4) is 0 Å². The Hall–Kier alpha value is -3.03. The van der Waals surface area contributed by atoms with Crippen molar-refractivity contribution in [2.75, 3.05) is 11.9 Å². The van der Waals surface area contributed by atoms with Crippen molar-refractivity contribution in [2.24, 2.45) is 0 Å². The van der Waals surface area contributed by atoms with Gasteiger partial charge < -0.3 is 15.0 Å². The van der Waals surface area contributed by atoms with Gasteiger partial charge in [0, 0.05) is 25.0 Å². The number of ether oxygens (including phenoxy) is 1.